The molecule has 0 saturated carbocycles. The molecule has 0 radical (unpaired) electrons. The third-order valence-corrected chi connectivity index (χ3v) is 8.95. The molecule has 8 nitrogen and oxygen atoms in total. The van der Waals surface area contributed by atoms with Crippen molar-refractivity contribution in [3.8, 4) is 5.75 Å². The first-order valence-corrected chi connectivity index (χ1v) is 14.6. The predicted octanol–water partition coefficient (Wildman–Crippen LogP) is 4.70. The van der Waals surface area contributed by atoms with Crippen LogP contribution in [0.4, 0.5) is 0 Å². The number of hydrogen-bond donors (Lipinski definition) is 0. The molecular weight excluding hydrogens is 522 g/mol. The van der Waals surface area contributed by atoms with E-state index in [9.17, 15) is 13.2 Å². The standard InChI is InChI=1S/C28H31N3O5S2/c1-4-30(20-21-9-7-6-8-10-21)38(33,34)24-14-11-22(12-15-24)27(32)29-28-31(17-18-35-3)25-16-13-23(36-5-2)19-26(25)37-28/h6-16,19H,4-5,17-18,20H2,1-3H3. The van der Waals surface area contributed by atoms with Crippen LogP contribution in [0.5, 0.6) is 5.75 Å². The maximum atomic E-state index is 13.3. The summed E-state index contributed by atoms with van der Waals surface area (Å²) in [5.41, 5.74) is 2.14. The number of aromatic nitrogens is 1. The number of fused-ring (bicyclic) bond motifs is 1. The van der Waals surface area contributed by atoms with Gasteiger partial charge in [0, 0.05) is 32.3 Å². The largest absolute Gasteiger partial charge is 0.494 e. The second-order valence-corrected chi connectivity index (χ2v) is 11.4. The molecule has 0 aliphatic carbocycles. The van der Waals surface area contributed by atoms with Gasteiger partial charge in [0.2, 0.25) is 10.0 Å². The zero-order valence-corrected chi connectivity index (χ0v) is 23.3. The smallest absolute Gasteiger partial charge is 0.279 e. The maximum Gasteiger partial charge on any atom is 0.279 e. The average Bonchev–Trinajstić information content (AvgIpc) is 3.27. The van der Waals surface area contributed by atoms with Crippen LogP contribution in [0.1, 0.15) is 29.8 Å². The molecule has 0 saturated heterocycles. The van der Waals surface area contributed by atoms with Crippen LogP contribution in [-0.2, 0) is 27.8 Å². The molecule has 38 heavy (non-hydrogen) atoms. The molecule has 1 heterocycles. The van der Waals surface area contributed by atoms with Crippen LogP contribution in [0.3, 0.4) is 0 Å². The van der Waals surface area contributed by atoms with Crippen LogP contribution >= 0.6 is 11.3 Å². The van der Waals surface area contributed by atoms with Gasteiger partial charge >= 0.3 is 0 Å². The van der Waals surface area contributed by atoms with Crippen molar-refractivity contribution in [2.45, 2.75) is 31.8 Å². The van der Waals surface area contributed by atoms with Crippen molar-refractivity contribution in [2.75, 3.05) is 26.9 Å². The van der Waals surface area contributed by atoms with Gasteiger partial charge in [0.1, 0.15) is 5.75 Å². The molecule has 0 aliphatic rings. The van der Waals surface area contributed by atoms with Crippen molar-refractivity contribution in [1.82, 2.24) is 8.87 Å². The lowest BCUT2D eigenvalue weighted by Crippen LogP contribution is -2.30. The Morgan fingerprint density at radius 2 is 1.76 bits per heavy atom. The molecule has 0 unspecified atom stereocenters. The highest BCUT2D eigenvalue weighted by Gasteiger charge is 2.23. The van der Waals surface area contributed by atoms with Crippen molar-refractivity contribution in [1.29, 1.82) is 0 Å². The Kier molecular flexibility index (Phi) is 9.11. The first kappa shape index (κ1) is 27.7. The summed E-state index contributed by atoms with van der Waals surface area (Å²) in [5, 5.41) is 0. The van der Waals surface area contributed by atoms with Gasteiger partial charge in [-0.15, -0.1) is 0 Å². The number of methoxy groups -OCH3 is 1. The number of hydrogen-bond acceptors (Lipinski definition) is 6. The van der Waals surface area contributed by atoms with E-state index in [4.69, 9.17) is 9.47 Å². The Balaban J connectivity index is 1.62. The molecular formula is C28H31N3O5S2. The molecule has 0 aliphatic heterocycles. The molecule has 4 aromatic rings. The Hall–Kier alpha value is -3.31. The van der Waals surface area contributed by atoms with E-state index in [2.05, 4.69) is 4.99 Å². The topological polar surface area (TPSA) is 90.2 Å². The van der Waals surface area contributed by atoms with Crippen LogP contribution in [0.25, 0.3) is 10.2 Å². The zero-order valence-electron chi connectivity index (χ0n) is 21.7. The first-order chi connectivity index (χ1) is 18.4. The molecule has 1 aromatic heterocycles. The van der Waals surface area contributed by atoms with E-state index in [1.807, 2.05) is 60.0 Å². The molecule has 0 spiro atoms. The van der Waals surface area contributed by atoms with E-state index in [0.717, 1.165) is 21.5 Å². The molecule has 200 valence electrons. The first-order valence-electron chi connectivity index (χ1n) is 12.4. The molecule has 0 bridgehead atoms. The molecule has 1 amide bonds. The number of benzene rings is 3. The highest BCUT2D eigenvalue weighted by Crippen LogP contribution is 2.24. The van der Waals surface area contributed by atoms with Gasteiger partial charge in [-0.2, -0.15) is 9.30 Å². The van der Waals surface area contributed by atoms with E-state index in [-0.39, 0.29) is 11.4 Å². The fraction of sp³-hybridized carbons (Fsp3) is 0.286. The van der Waals surface area contributed by atoms with Crippen molar-refractivity contribution in [3.05, 3.63) is 88.7 Å². The van der Waals surface area contributed by atoms with Gasteiger partial charge in [0.05, 0.1) is 28.3 Å². The minimum atomic E-state index is -3.73. The van der Waals surface area contributed by atoms with E-state index in [1.54, 1.807) is 14.0 Å². The lowest BCUT2D eigenvalue weighted by molar-refractivity contribution is 0.0997. The minimum absolute atomic E-state index is 0.132. The number of nitrogens with zero attached hydrogens (tertiary/aromatic N) is 3. The van der Waals surface area contributed by atoms with Crippen LogP contribution < -0.4 is 9.54 Å². The Labute approximate surface area is 226 Å². The van der Waals surface area contributed by atoms with Crippen LogP contribution in [-0.4, -0.2) is 50.1 Å². The van der Waals surface area contributed by atoms with Crippen molar-refractivity contribution >= 4 is 37.5 Å². The number of thiazole rings is 1. The van der Waals surface area contributed by atoms with E-state index in [0.29, 0.717) is 36.7 Å². The summed E-state index contributed by atoms with van der Waals surface area (Å²) < 4.78 is 41.7. The van der Waals surface area contributed by atoms with Crippen LogP contribution in [0.15, 0.2) is 82.7 Å². The number of sulfonamides is 1. The van der Waals surface area contributed by atoms with E-state index in [1.165, 1.54) is 39.9 Å². The van der Waals surface area contributed by atoms with E-state index >= 15 is 0 Å². The maximum absolute atomic E-state index is 13.3. The number of amides is 1. The molecule has 0 N–H and O–H groups in total. The molecule has 0 atom stereocenters. The number of rotatable bonds is 11. The highest BCUT2D eigenvalue weighted by atomic mass is 32.2. The van der Waals surface area contributed by atoms with Crippen molar-refractivity contribution < 1.29 is 22.7 Å². The Morgan fingerprint density at radius 1 is 1.03 bits per heavy atom. The molecule has 3 aromatic carbocycles. The second-order valence-electron chi connectivity index (χ2n) is 8.45. The minimum Gasteiger partial charge on any atom is -0.494 e. The monoisotopic (exact) mass is 553 g/mol. The summed E-state index contributed by atoms with van der Waals surface area (Å²) >= 11 is 1.39. The Bertz CT molecular complexity index is 1560. The van der Waals surface area contributed by atoms with Crippen molar-refractivity contribution in [3.63, 3.8) is 0 Å². The summed E-state index contributed by atoms with van der Waals surface area (Å²) in [5.74, 6) is 0.302. The molecule has 0 fully saturated rings. The Morgan fingerprint density at radius 3 is 2.42 bits per heavy atom. The summed E-state index contributed by atoms with van der Waals surface area (Å²) in [6.07, 6.45) is 0. The van der Waals surface area contributed by atoms with Crippen LogP contribution in [0, 0.1) is 0 Å². The molecule has 10 heteroatoms. The summed E-state index contributed by atoms with van der Waals surface area (Å²) in [6.45, 7) is 5.88. The summed E-state index contributed by atoms with van der Waals surface area (Å²) in [6, 6.07) is 21.2. The van der Waals surface area contributed by atoms with Crippen LogP contribution in [0.2, 0.25) is 0 Å². The third kappa shape index (κ3) is 6.21. The zero-order chi connectivity index (χ0) is 27.1. The predicted molar refractivity (Wildman–Crippen MR) is 149 cm³/mol. The second kappa shape index (κ2) is 12.5. The van der Waals surface area contributed by atoms with Gasteiger partial charge in [-0.1, -0.05) is 48.6 Å². The number of carbonyl (C=O) groups is 1. The fourth-order valence-corrected chi connectivity index (χ4v) is 6.54. The third-order valence-electron chi connectivity index (χ3n) is 5.97. The lowest BCUT2D eigenvalue weighted by atomic mass is 10.2. The quantitative estimate of drug-likeness (QED) is 0.269. The van der Waals surface area contributed by atoms with Gasteiger partial charge in [0.25, 0.3) is 5.91 Å². The lowest BCUT2D eigenvalue weighted by Gasteiger charge is -2.20. The number of ether oxygens (including phenoxy) is 2. The van der Waals surface area contributed by atoms with Crippen molar-refractivity contribution in [2.24, 2.45) is 4.99 Å². The van der Waals surface area contributed by atoms with Gasteiger partial charge < -0.3 is 14.0 Å². The van der Waals surface area contributed by atoms with Gasteiger partial charge in [-0.3, -0.25) is 4.79 Å². The normalized spacial score (nSPS) is 12.4. The average molecular weight is 554 g/mol. The van der Waals surface area contributed by atoms with E-state index < -0.39 is 15.9 Å². The SMILES string of the molecule is CCOc1ccc2c(c1)sc(=NC(=O)c1ccc(S(=O)(=O)N(CC)Cc3ccccc3)cc1)n2CCOC. The molecule has 4 rings (SSSR count). The highest BCUT2D eigenvalue weighted by molar-refractivity contribution is 7.89. The van der Waals surface area contributed by atoms with Gasteiger partial charge in [-0.05, 0) is 55.0 Å². The fourth-order valence-electron chi connectivity index (χ4n) is 4.02. The summed E-state index contributed by atoms with van der Waals surface area (Å²) in [4.78, 5) is 18.1. The number of carbonyl (C=O) groups excluding carboxylic acids is 1. The summed E-state index contributed by atoms with van der Waals surface area (Å²) in [7, 11) is -2.11. The van der Waals surface area contributed by atoms with Gasteiger partial charge in [0.15, 0.2) is 4.80 Å². The van der Waals surface area contributed by atoms with Gasteiger partial charge in [-0.25, -0.2) is 8.42 Å².